The van der Waals surface area contributed by atoms with Crippen LogP contribution in [0.15, 0.2) is 47.5 Å². The summed E-state index contributed by atoms with van der Waals surface area (Å²) in [6, 6.07) is 14.5. The van der Waals surface area contributed by atoms with Crippen molar-refractivity contribution in [3.63, 3.8) is 0 Å². The number of aryl methyl sites for hydroxylation is 1. The molecule has 1 aliphatic rings. The van der Waals surface area contributed by atoms with E-state index >= 15 is 0 Å². The Morgan fingerprint density at radius 1 is 1.12 bits per heavy atom. The lowest BCUT2D eigenvalue weighted by Gasteiger charge is -2.15. The Labute approximate surface area is 208 Å². The molecule has 2 aromatic rings. The number of methoxy groups -OCH3 is 1. The minimum atomic E-state index is 0. The number of nitrogens with one attached hydrogen (secondary N) is 2. The quantitative estimate of drug-likeness (QED) is 0.214. The highest BCUT2D eigenvalue weighted by molar-refractivity contribution is 14.0. The number of hydrogen-bond acceptors (Lipinski definition) is 3. The van der Waals surface area contributed by atoms with E-state index in [2.05, 4.69) is 53.7 Å². The predicted molar refractivity (Wildman–Crippen MR) is 141 cm³/mol. The number of nitrogens with zero attached hydrogens (tertiary/aromatic N) is 2. The molecule has 0 unspecified atom stereocenters. The second kappa shape index (κ2) is 13.3. The molecule has 2 aromatic carbocycles. The molecular formula is C25H35IN4O2. The van der Waals surface area contributed by atoms with Crippen molar-refractivity contribution in [1.29, 1.82) is 0 Å². The van der Waals surface area contributed by atoms with Crippen LogP contribution in [0.1, 0.15) is 42.0 Å². The number of hydrogen-bond donors (Lipinski definition) is 2. The second-order valence-corrected chi connectivity index (χ2v) is 7.87. The number of halogens is 1. The van der Waals surface area contributed by atoms with Crippen molar-refractivity contribution in [1.82, 2.24) is 15.5 Å². The zero-order valence-electron chi connectivity index (χ0n) is 19.3. The Kier molecular flexibility index (Phi) is 10.8. The van der Waals surface area contributed by atoms with Gasteiger partial charge in [0.2, 0.25) is 5.91 Å². The van der Waals surface area contributed by atoms with Crippen molar-refractivity contribution in [2.24, 2.45) is 4.99 Å². The van der Waals surface area contributed by atoms with Crippen LogP contribution in [-0.2, 0) is 24.3 Å². The average Bonchev–Trinajstić information content (AvgIpc) is 3.21. The molecule has 32 heavy (non-hydrogen) atoms. The zero-order valence-corrected chi connectivity index (χ0v) is 21.6. The molecule has 0 saturated carbocycles. The molecule has 2 N–H and O–H groups in total. The highest BCUT2D eigenvalue weighted by Crippen LogP contribution is 2.23. The smallest absolute Gasteiger partial charge is 0.223 e. The maximum atomic E-state index is 12.5. The van der Waals surface area contributed by atoms with Crippen molar-refractivity contribution < 1.29 is 9.53 Å². The number of aliphatic imine (C=N–C) groups is 1. The first-order valence-corrected chi connectivity index (χ1v) is 11.1. The molecule has 0 aromatic heterocycles. The summed E-state index contributed by atoms with van der Waals surface area (Å²) in [4.78, 5) is 19.1. The van der Waals surface area contributed by atoms with Crippen LogP contribution < -0.4 is 15.4 Å². The highest BCUT2D eigenvalue weighted by Gasteiger charge is 2.22. The van der Waals surface area contributed by atoms with Gasteiger partial charge in [0.1, 0.15) is 5.75 Å². The van der Waals surface area contributed by atoms with E-state index in [1.807, 2.05) is 23.1 Å². The Morgan fingerprint density at radius 3 is 2.50 bits per heavy atom. The van der Waals surface area contributed by atoms with Crippen molar-refractivity contribution in [3.05, 3.63) is 64.7 Å². The number of guanidine groups is 1. The van der Waals surface area contributed by atoms with Gasteiger partial charge in [-0.2, -0.15) is 0 Å². The Morgan fingerprint density at radius 2 is 1.84 bits per heavy atom. The van der Waals surface area contributed by atoms with Gasteiger partial charge in [-0.3, -0.25) is 9.79 Å². The fourth-order valence-electron chi connectivity index (χ4n) is 3.85. The summed E-state index contributed by atoms with van der Waals surface area (Å²) in [7, 11) is 1.70. The first-order chi connectivity index (χ1) is 15.1. The molecule has 3 rings (SSSR count). The first-order valence-electron chi connectivity index (χ1n) is 11.1. The van der Waals surface area contributed by atoms with E-state index in [0.29, 0.717) is 13.0 Å². The van der Waals surface area contributed by atoms with E-state index in [4.69, 9.17) is 4.74 Å². The molecule has 1 amide bonds. The zero-order chi connectivity index (χ0) is 22.1. The van der Waals surface area contributed by atoms with Crippen molar-refractivity contribution >= 4 is 35.8 Å². The lowest BCUT2D eigenvalue weighted by Crippen LogP contribution is -2.38. The monoisotopic (exact) mass is 550 g/mol. The largest absolute Gasteiger partial charge is 0.496 e. The van der Waals surface area contributed by atoms with E-state index in [0.717, 1.165) is 50.7 Å². The third-order valence-electron chi connectivity index (χ3n) is 5.48. The molecular weight excluding hydrogens is 515 g/mol. The molecule has 7 heteroatoms. The number of rotatable bonds is 9. The first kappa shape index (κ1) is 26.0. The average molecular weight is 550 g/mol. The molecule has 0 aliphatic carbocycles. The highest BCUT2D eigenvalue weighted by atomic mass is 127. The summed E-state index contributed by atoms with van der Waals surface area (Å²) in [5, 5.41) is 6.66. The summed E-state index contributed by atoms with van der Waals surface area (Å²) in [5.74, 6) is 1.91. The van der Waals surface area contributed by atoms with Crippen LogP contribution in [0.5, 0.6) is 5.75 Å². The van der Waals surface area contributed by atoms with Gasteiger partial charge < -0.3 is 20.3 Å². The van der Waals surface area contributed by atoms with Crippen LogP contribution in [0.25, 0.3) is 0 Å². The molecule has 6 nitrogen and oxygen atoms in total. The van der Waals surface area contributed by atoms with Gasteiger partial charge >= 0.3 is 0 Å². The molecule has 0 bridgehead atoms. The summed E-state index contributed by atoms with van der Waals surface area (Å²) in [6.07, 6.45) is 2.12. The van der Waals surface area contributed by atoms with Gasteiger partial charge in [0, 0.05) is 39.1 Å². The van der Waals surface area contributed by atoms with E-state index in [9.17, 15) is 4.79 Å². The minimum absolute atomic E-state index is 0. The normalized spacial score (nSPS) is 12.7. The van der Waals surface area contributed by atoms with E-state index in [1.165, 1.54) is 22.3 Å². The molecule has 0 atom stereocenters. The summed E-state index contributed by atoms with van der Waals surface area (Å²) < 4.78 is 5.46. The number of ether oxygens (including phenoxy) is 1. The topological polar surface area (TPSA) is 66.0 Å². The van der Waals surface area contributed by atoms with Crippen molar-refractivity contribution in [3.8, 4) is 5.75 Å². The number of benzene rings is 2. The van der Waals surface area contributed by atoms with Crippen LogP contribution in [-0.4, -0.2) is 43.5 Å². The SMILES string of the molecule is CCNC(=NCCCC(=O)N1Cc2ccccc2C1)NCCc1cc(C)ccc1OC.I. The fraction of sp³-hybridized carbons (Fsp3) is 0.440. The fourth-order valence-corrected chi connectivity index (χ4v) is 3.85. The molecule has 174 valence electrons. The van der Waals surface area contributed by atoms with Gasteiger partial charge in [-0.05, 0) is 49.4 Å². The van der Waals surface area contributed by atoms with Crippen molar-refractivity contribution in [2.45, 2.75) is 46.2 Å². The van der Waals surface area contributed by atoms with Gasteiger partial charge in [-0.15, -0.1) is 24.0 Å². The molecule has 0 radical (unpaired) electrons. The summed E-state index contributed by atoms with van der Waals surface area (Å²) in [5.41, 5.74) is 4.93. The van der Waals surface area contributed by atoms with E-state index in [1.54, 1.807) is 7.11 Å². The lowest BCUT2D eigenvalue weighted by molar-refractivity contribution is -0.131. The van der Waals surface area contributed by atoms with E-state index in [-0.39, 0.29) is 29.9 Å². The maximum Gasteiger partial charge on any atom is 0.223 e. The molecule has 0 saturated heterocycles. The number of carbonyl (C=O) groups excluding carboxylic acids is 1. The predicted octanol–water partition coefficient (Wildman–Crippen LogP) is 4.04. The lowest BCUT2D eigenvalue weighted by atomic mass is 10.1. The van der Waals surface area contributed by atoms with Crippen molar-refractivity contribution in [2.75, 3.05) is 26.7 Å². The second-order valence-electron chi connectivity index (χ2n) is 7.87. The molecule has 0 spiro atoms. The van der Waals surface area contributed by atoms with Gasteiger partial charge in [0.25, 0.3) is 0 Å². The van der Waals surface area contributed by atoms with E-state index < -0.39 is 0 Å². The Hall–Kier alpha value is -2.29. The number of carbonyl (C=O) groups is 1. The van der Waals surface area contributed by atoms with Gasteiger partial charge in [0.05, 0.1) is 7.11 Å². The standard InChI is InChI=1S/C25H34N4O2.HI/c1-4-26-25(28-15-13-20-16-19(2)11-12-23(20)31-3)27-14-7-10-24(30)29-17-21-8-5-6-9-22(21)18-29;/h5-6,8-9,11-12,16H,4,7,10,13-15,17-18H2,1-3H3,(H2,26,27,28);1H. The molecule has 1 aliphatic heterocycles. The van der Waals surface area contributed by atoms with Gasteiger partial charge in [-0.1, -0.05) is 42.0 Å². The van der Waals surface area contributed by atoms with Crippen LogP contribution in [0.3, 0.4) is 0 Å². The Balaban J connectivity index is 0.00000363. The third kappa shape index (κ3) is 7.39. The van der Waals surface area contributed by atoms with Crippen LogP contribution >= 0.6 is 24.0 Å². The summed E-state index contributed by atoms with van der Waals surface area (Å²) >= 11 is 0. The van der Waals surface area contributed by atoms with Gasteiger partial charge in [-0.25, -0.2) is 0 Å². The Bertz CT molecular complexity index is 892. The van der Waals surface area contributed by atoms with Gasteiger partial charge in [0.15, 0.2) is 5.96 Å². The maximum absolute atomic E-state index is 12.5. The molecule has 1 heterocycles. The van der Waals surface area contributed by atoms with Crippen LogP contribution in [0.2, 0.25) is 0 Å². The third-order valence-corrected chi connectivity index (χ3v) is 5.48. The minimum Gasteiger partial charge on any atom is -0.496 e. The van der Waals surface area contributed by atoms with Crippen LogP contribution in [0, 0.1) is 6.92 Å². The van der Waals surface area contributed by atoms with Crippen LogP contribution in [0.4, 0.5) is 0 Å². The summed E-state index contributed by atoms with van der Waals surface area (Å²) in [6.45, 7) is 7.77. The number of amides is 1. The molecule has 0 fully saturated rings. The number of fused-ring (bicyclic) bond motifs is 1.